The number of aliphatic imine (C=N–C) groups is 1. The molecular weight excluding hydrogens is 496 g/mol. The Hall–Kier alpha value is -3.68. The molecule has 0 aliphatic carbocycles. The predicted molar refractivity (Wildman–Crippen MR) is 165 cm³/mol. The minimum absolute atomic E-state index is 0.109. The van der Waals surface area contributed by atoms with Crippen LogP contribution in [0, 0.1) is 0 Å². The zero-order valence-electron chi connectivity index (χ0n) is 24.3. The van der Waals surface area contributed by atoms with Crippen LogP contribution in [0.15, 0.2) is 83.9 Å². The lowest BCUT2D eigenvalue weighted by atomic mass is 9.96. The van der Waals surface area contributed by atoms with Crippen molar-refractivity contribution < 1.29 is 4.79 Å². The summed E-state index contributed by atoms with van der Waals surface area (Å²) < 4.78 is 0. The van der Waals surface area contributed by atoms with Crippen LogP contribution in [0.2, 0.25) is 0 Å². The highest BCUT2D eigenvalue weighted by molar-refractivity contribution is 6.01. The first-order valence-electron chi connectivity index (χ1n) is 14.4. The molecule has 40 heavy (non-hydrogen) atoms. The molecule has 1 unspecified atom stereocenters. The van der Waals surface area contributed by atoms with Crippen LogP contribution >= 0.6 is 0 Å². The van der Waals surface area contributed by atoms with Gasteiger partial charge in [0.1, 0.15) is 0 Å². The number of carbonyl (C=O) groups is 1. The van der Waals surface area contributed by atoms with Crippen molar-refractivity contribution in [3.8, 4) is 11.1 Å². The summed E-state index contributed by atoms with van der Waals surface area (Å²) in [5.41, 5.74) is 5.47. The van der Waals surface area contributed by atoms with Gasteiger partial charge >= 0.3 is 0 Å². The largest absolute Gasteiger partial charge is 0.349 e. The van der Waals surface area contributed by atoms with Crippen LogP contribution in [0.3, 0.4) is 0 Å². The van der Waals surface area contributed by atoms with Crippen molar-refractivity contribution in [3.63, 3.8) is 0 Å². The number of benzene rings is 3. The molecule has 7 nitrogen and oxygen atoms in total. The molecule has 1 amide bonds. The molecule has 0 N–H and O–H groups in total. The van der Waals surface area contributed by atoms with E-state index < -0.39 is 0 Å². The highest BCUT2D eigenvalue weighted by Crippen LogP contribution is 2.41. The molecule has 3 aromatic rings. The molecule has 0 radical (unpaired) electrons. The van der Waals surface area contributed by atoms with Crippen molar-refractivity contribution in [2.75, 3.05) is 72.4 Å². The van der Waals surface area contributed by atoms with E-state index in [9.17, 15) is 4.79 Å². The number of para-hydroxylation sites is 1. The first-order valence-corrected chi connectivity index (χ1v) is 14.4. The van der Waals surface area contributed by atoms with Crippen LogP contribution in [0.4, 0.5) is 11.4 Å². The molecule has 0 bridgehead atoms. The SMILES string of the molecule is CN(C)CCCN1CCN(C2=Nc3ccccc3C(CC(=O)N(C)C)N2c2ccc(-c3ccccc3)cc2)CC1. The summed E-state index contributed by atoms with van der Waals surface area (Å²) >= 11 is 0. The Kier molecular flexibility index (Phi) is 8.82. The maximum absolute atomic E-state index is 13.1. The molecule has 210 valence electrons. The number of hydrogen-bond donors (Lipinski definition) is 0. The fourth-order valence-electron chi connectivity index (χ4n) is 5.61. The van der Waals surface area contributed by atoms with Crippen LogP contribution in [-0.2, 0) is 4.79 Å². The Labute approximate surface area is 239 Å². The monoisotopic (exact) mass is 538 g/mol. The van der Waals surface area contributed by atoms with E-state index in [2.05, 4.69) is 100 Å². The van der Waals surface area contributed by atoms with Gasteiger partial charge in [-0.2, -0.15) is 0 Å². The van der Waals surface area contributed by atoms with Crippen molar-refractivity contribution >= 4 is 23.2 Å². The number of hydrogen-bond acceptors (Lipinski definition) is 6. The first-order chi connectivity index (χ1) is 19.4. The topological polar surface area (TPSA) is 45.6 Å². The zero-order valence-corrected chi connectivity index (χ0v) is 24.3. The van der Waals surface area contributed by atoms with Gasteiger partial charge in [-0.1, -0.05) is 60.7 Å². The lowest BCUT2D eigenvalue weighted by molar-refractivity contribution is -0.129. The Balaban J connectivity index is 1.47. The summed E-state index contributed by atoms with van der Waals surface area (Å²) in [6.45, 7) is 6.07. The lowest BCUT2D eigenvalue weighted by Gasteiger charge is -2.45. The second-order valence-electron chi connectivity index (χ2n) is 11.2. The Morgan fingerprint density at radius 3 is 2.15 bits per heavy atom. The van der Waals surface area contributed by atoms with Gasteiger partial charge in [-0.3, -0.25) is 9.69 Å². The van der Waals surface area contributed by atoms with E-state index in [1.54, 1.807) is 4.90 Å². The normalized spacial score (nSPS) is 17.5. The van der Waals surface area contributed by atoms with Crippen molar-refractivity contribution in [2.24, 2.45) is 4.99 Å². The number of anilines is 1. The maximum Gasteiger partial charge on any atom is 0.224 e. The molecule has 0 spiro atoms. The molecule has 7 heteroatoms. The Morgan fingerprint density at radius 2 is 1.48 bits per heavy atom. The number of amides is 1. The van der Waals surface area contributed by atoms with Crippen molar-refractivity contribution in [3.05, 3.63) is 84.4 Å². The van der Waals surface area contributed by atoms with Gasteiger partial charge in [0.2, 0.25) is 11.9 Å². The summed E-state index contributed by atoms with van der Waals surface area (Å²) in [7, 11) is 7.94. The molecule has 2 heterocycles. The highest BCUT2D eigenvalue weighted by atomic mass is 16.2. The first kappa shape index (κ1) is 27.9. The van der Waals surface area contributed by atoms with Crippen LogP contribution in [0.5, 0.6) is 0 Å². The third-order valence-electron chi connectivity index (χ3n) is 7.90. The van der Waals surface area contributed by atoms with E-state index >= 15 is 0 Å². The maximum atomic E-state index is 13.1. The van der Waals surface area contributed by atoms with Crippen molar-refractivity contribution in [2.45, 2.75) is 18.9 Å². The summed E-state index contributed by atoms with van der Waals surface area (Å²) in [6.07, 6.45) is 1.56. The summed E-state index contributed by atoms with van der Waals surface area (Å²) in [5.74, 6) is 1.05. The number of guanidine groups is 1. The second-order valence-corrected chi connectivity index (χ2v) is 11.2. The Morgan fingerprint density at radius 1 is 0.825 bits per heavy atom. The molecule has 1 atom stereocenters. The van der Waals surface area contributed by atoms with Crippen LogP contribution in [0.1, 0.15) is 24.4 Å². The Bertz CT molecular complexity index is 1300. The second kappa shape index (κ2) is 12.7. The highest BCUT2D eigenvalue weighted by Gasteiger charge is 2.36. The van der Waals surface area contributed by atoms with Crippen LogP contribution in [0.25, 0.3) is 11.1 Å². The van der Waals surface area contributed by atoms with Crippen LogP contribution in [-0.4, -0.2) is 98.9 Å². The molecule has 3 aromatic carbocycles. The quantitative estimate of drug-likeness (QED) is 0.406. The van der Waals surface area contributed by atoms with Crippen molar-refractivity contribution in [1.29, 1.82) is 0 Å². The number of piperazine rings is 1. The average Bonchev–Trinajstić information content (AvgIpc) is 2.97. The molecule has 0 aromatic heterocycles. The minimum Gasteiger partial charge on any atom is -0.349 e. The van der Waals surface area contributed by atoms with Crippen molar-refractivity contribution in [1.82, 2.24) is 19.6 Å². The fraction of sp³-hybridized carbons (Fsp3) is 0.394. The number of rotatable bonds is 8. The molecule has 2 aliphatic heterocycles. The van der Waals surface area contributed by atoms with Gasteiger partial charge in [0, 0.05) is 51.5 Å². The van der Waals surface area contributed by atoms with E-state index in [4.69, 9.17) is 4.99 Å². The molecule has 2 aliphatic rings. The van der Waals surface area contributed by atoms with Gasteiger partial charge in [-0.25, -0.2) is 4.99 Å². The third-order valence-corrected chi connectivity index (χ3v) is 7.90. The zero-order chi connectivity index (χ0) is 28.1. The standard InChI is InChI=1S/C33H42N6O/c1-35(2)19-10-20-37-21-23-38(24-22-37)33-34-30-14-9-8-13-29(30)31(25-32(40)36(3)4)39(33)28-17-15-27(16-18-28)26-11-6-5-7-12-26/h5-9,11-18,31H,10,19-25H2,1-4H3. The molecule has 5 rings (SSSR count). The van der Waals surface area contributed by atoms with E-state index in [-0.39, 0.29) is 11.9 Å². The smallest absolute Gasteiger partial charge is 0.224 e. The lowest BCUT2D eigenvalue weighted by Crippen LogP contribution is -2.55. The number of nitrogens with zero attached hydrogens (tertiary/aromatic N) is 6. The van der Waals surface area contributed by atoms with Crippen LogP contribution < -0.4 is 4.90 Å². The van der Waals surface area contributed by atoms with E-state index in [1.165, 1.54) is 17.5 Å². The molecular formula is C33H42N6O. The fourth-order valence-corrected chi connectivity index (χ4v) is 5.61. The predicted octanol–water partition coefficient (Wildman–Crippen LogP) is 4.95. The van der Waals surface area contributed by atoms with E-state index in [0.29, 0.717) is 6.42 Å². The molecule has 1 saturated heterocycles. The average molecular weight is 539 g/mol. The minimum atomic E-state index is -0.140. The number of carbonyl (C=O) groups excluding carboxylic acids is 1. The van der Waals surface area contributed by atoms with Gasteiger partial charge in [0.05, 0.1) is 18.2 Å². The molecule has 1 fully saturated rings. The summed E-state index contributed by atoms with van der Waals surface area (Å²) in [4.78, 5) is 29.6. The summed E-state index contributed by atoms with van der Waals surface area (Å²) in [6, 6.07) is 27.3. The third kappa shape index (κ3) is 6.37. The van der Waals surface area contributed by atoms with Gasteiger partial charge in [0.25, 0.3) is 0 Å². The number of fused-ring (bicyclic) bond motifs is 1. The van der Waals surface area contributed by atoms with Gasteiger partial charge in [0.15, 0.2) is 0 Å². The van der Waals surface area contributed by atoms with E-state index in [0.717, 1.165) is 62.2 Å². The van der Waals surface area contributed by atoms with Gasteiger partial charge in [-0.15, -0.1) is 0 Å². The van der Waals surface area contributed by atoms with E-state index in [1.807, 2.05) is 26.2 Å². The van der Waals surface area contributed by atoms with Gasteiger partial charge < -0.3 is 19.6 Å². The van der Waals surface area contributed by atoms with Gasteiger partial charge in [-0.05, 0) is 62.9 Å². The molecule has 0 saturated carbocycles. The summed E-state index contributed by atoms with van der Waals surface area (Å²) in [5, 5.41) is 0.